The zero-order chi connectivity index (χ0) is 17.7. The molecule has 0 saturated carbocycles. The zero-order valence-electron chi connectivity index (χ0n) is 15.3. The minimum absolute atomic E-state index is 0.00461. The summed E-state index contributed by atoms with van der Waals surface area (Å²) in [5, 5.41) is 3.67. The first-order valence-electron chi connectivity index (χ1n) is 9.47. The van der Waals surface area contributed by atoms with E-state index in [1.165, 1.54) is 11.3 Å². The van der Waals surface area contributed by atoms with Crippen LogP contribution in [-0.4, -0.2) is 43.7 Å². The molecule has 2 heterocycles. The van der Waals surface area contributed by atoms with E-state index in [1.54, 1.807) is 0 Å². The number of nitrogens with two attached hydrogens (primary N) is 1. The summed E-state index contributed by atoms with van der Waals surface area (Å²) in [6.45, 7) is 7.72. The first-order valence-corrected chi connectivity index (χ1v) is 9.47. The van der Waals surface area contributed by atoms with E-state index in [4.69, 9.17) is 10.5 Å². The van der Waals surface area contributed by atoms with Gasteiger partial charge in [-0.2, -0.15) is 0 Å². The van der Waals surface area contributed by atoms with Crippen LogP contribution in [0.4, 0.5) is 5.69 Å². The molecule has 3 rings (SSSR count). The number of hydrogen-bond acceptors (Lipinski definition) is 4. The molecule has 25 heavy (non-hydrogen) atoms. The van der Waals surface area contributed by atoms with Crippen LogP contribution in [0.15, 0.2) is 24.3 Å². The van der Waals surface area contributed by atoms with Crippen molar-refractivity contribution in [2.45, 2.75) is 39.2 Å². The first-order chi connectivity index (χ1) is 12.1. The molecule has 2 aliphatic heterocycles. The Balaban J connectivity index is 1.61. The number of nitrogens with one attached hydrogen (secondary N) is 1. The number of piperidine rings is 1. The van der Waals surface area contributed by atoms with Gasteiger partial charge in [0.25, 0.3) is 0 Å². The van der Waals surface area contributed by atoms with Gasteiger partial charge in [0, 0.05) is 38.5 Å². The fourth-order valence-corrected chi connectivity index (χ4v) is 3.85. The van der Waals surface area contributed by atoms with Crippen LogP contribution >= 0.6 is 0 Å². The van der Waals surface area contributed by atoms with Gasteiger partial charge >= 0.3 is 0 Å². The topological polar surface area (TPSA) is 67.6 Å². The summed E-state index contributed by atoms with van der Waals surface area (Å²) in [6.07, 6.45) is 4.18. The van der Waals surface area contributed by atoms with Gasteiger partial charge in [-0.25, -0.2) is 0 Å². The van der Waals surface area contributed by atoms with Gasteiger partial charge in [0.2, 0.25) is 5.91 Å². The second-order valence-corrected chi connectivity index (χ2v) is 7.91. The number of anilines is 1. The van der Waals surface area contributed by atoms with E-state index in [2.05, 4.69) is 41.4 Å². The minimum atomic E-state index is -0.163. The number of amides is 1. The third-order valence-corrected chi connectivity index (χ3v) is 5.72. The molecular formula is C20H31N3O2. The highest BCUT2D eigenvalue weighted by Crippen LogP contribution is 2.31. The van der Waals surface area contributed by atoms with Crippen LogP contribution in [0.3, 0.4) is 0 Å². The summed E-state index contributed by atoms with van der Waals surface area (Å²) < 4.78 is 5.50. The largest absolute Gasteiger partial charge is 0.384 e. The van der Waals surface area contributed by atoms with Crippen molar-refractivity contribution in [3.8, 4) is 0 Å². The summed E-state index contributed by atoms with van der Waals surface area (Å²) in [5.74, 6) is -0.168. The standard InChI is InChI=1S/C20H31N3O2/c1-20(8-11-25-12-9-20)15-22-18-7-3-2-5-16(18)13-23-10-4-6-17(14-23)19(21)24/h2-3,5,7,17,22H,4,6,8-15H2,1H3,(H2,21,24). The normalized spacial score (nSPS) is 24.0. The lowest BCUT2D eigenvalue weighted by molar-refractivity contribution is -0.123. The van der Waals surface area contributed by atoms with Crippen LogP contribution in [0.2, 0.25) is 0 Å². The quantitative estimate of drug-likeness (QED) is 0.832. The van der Waals surface area contributed by atoms with Gasteiger partial charge in [0.15, 0.2) is 0 Å². The van der Waals surface area contributed by atoms with E-state index in [-0.39, 0.29) is 11.8 Å². The Labute approximate surface area is 150 Å². The first kappa shape index (κ1) is 18.2. The summed E-state index contributed by atoms with van der Waals surface area (Å²) in [4.78, 5) is 13.9. The van der Waals surface area contributed by atoms with Crippen molar-refractivity contribution in [3.63, 3.8) is 0 Å². The number of nitrogens with zero attached hydrogens (tertiary/aromatic N) is 1. The van der Waals surface area contributed by atoms with E-state index in [9.17, 15) is 4.79 Å². The number of likely N-dealkylation sites (tertiary alicyclic amines) is 1. The molecule has 3 N–H and O–H groups in total. The maximum Gasteiger partial charge on any atom is 0.221 e. The number of carbonyl (C=O) groups is 1. The Bertz CT molecular complexity index is 584. The summed E-state index contributed by atoms with van der Waals surface area (Å²) in [6, 6.07) is 8.52. The molecule has 1 unspecified atom stereocenters. The highest BCUT2D eigenvalue weighted by molar-refractivity contribution is 5.76. The second kappa shape index (κ2) is 8.19. The van der Waals surface area contributed by atoms with Crippen molar-refractivity contribution < 1.29 is 9.53 Å². The molecule has 2 saturated heterocycles. The van der Waals surface area contributed by atoms with Crippen molar-refractivity contribution >= 4 is 11.6 Å². The van der Waals surface area contributed by atoms with Gasteiger partial charge in [-0.1, -0.05) is 25.1 Å². The molecule has 0 aromatic heterocycles. The SMILES string of the molecule is CC1(CNc2ccccc2CN2CCCC(C(N)=O)C2)CCOCC1. The maximum absolute atomic E-state index is 11.5. The van der Waals surface area contributed by atoms with Gasteiger partial charge in [-0.15, -0.1) is 0 Å². The van der Waals surface area contributed by atoms with Crippen LogP contribution in [0, 0.1) is 11.3 Å². The van der Waals surface area contributed by atoms with E-state index in [0.717, 1.165) is 65.1 Å². The van der Waals surface area contributed by atoms with Crippen molar-refractivity contribution in [1.29, 1.82) is 0 Å². The average molecular weight is 345 g/mol. The van der Waals surface area contributed by atoms with Gasteiger partial charge in [0.05, 0.1) is 5.92 Å². The van der Waals surface area contributed by atoms with Crippen LogP contribution in [-0.2, 0) is 16.1 Å². The van der Waals surface area contributed by atoms with E-state index in [0.29, 0.717) is 5.41 Å². The molecule has 2 aliphatic rings. The van der Waals surface area contributed by atoms with Gasteiger partial charge in [0.1, 0.15) is 0 Å². The fraction of sp³-hybridized carbons (Fsp3) is 0.650. The second-order valence-electron chi connectivity index (χ2n) is 7.91. The molecule has 0 bridgehead atoms. The Morgan fingerprint density at radius 2 is 2.12 bits per heavy atom. The molecule has 0 spiro atoms. The molecule has 1 atom stereocenters. The van der Waals surface area contributed by atoms with Gasteiger partial charge in [-0.05, 0) is 49.3 Å². The third-order valence-electron chi connectivity index (χ3n) is 5.72. The lowest BCUT2D eigenvalue weighted by Gasteiger charge is -2.35. The average Bonchev–Trinajstić information content (AvgIpc) is 2.62. The molecular weight excluding hydrogens is 314 g/mol. The third kappa shape index (κ3) is 4.95. The Morgan fingerprint density at radius 3 is 2.88 bits per heavy atom. The van der Waals surface area contributed by atoms with Crippen LogP contribution in [0.5, 0.6) is 0 Å². The van der Waals surface area contributed by atoms with Crippen LogP contribution in [0.25, 0.3) is 0 Å². The Hall–Kier alpha value is -1.59. The number of hydrogen-bond donors (Lipinski definition) is 2. The molecule has 2 fully saturated rings. The van der Waals surface area contributed by atoms with Crippen molar-refractivity contribution in [2.75, 3.05) is 38.2 Å². The molecule has 1 aromatic rings. The fourth-order valence-electron chi connectivity index (χ4n) is 3.85. The van der Waals surface area contributed by atoms with E-state index < -0.39 is 0 Å². The predicted octanol–water partition coefficient (Wildman–Crippen LogP) is 2.61. The smallest absolute Gasteiger partial charge is 0.221 e. The summed E-state index contributed by atoms with van der Waals surface area (Å²) in [7, 11) is 0. The number of benzene rings is 1. The Kier molecular flexibility index (Phi) is 5.97. The molecule has 5 nitrogen and oxygen atoms in total. The number of ether oxygens (including phenoxy) is 1. The zero-order valence-corrected chi connectivity index (χ0v) is 15.3. The Morgan fingerprint density at radius 1 is 1.36 bits per heavy atom. The lowest BCUT2D eigenvalue weighted by Crippen LogP contribution is -2.40. The maximum atomic E-state index is 11.5. The molecule has 1 amide bonds. The van der Waals surface area contributed by atoms with Gasteiger partial charge < -0.3 is 15.8 Å². The highest BCUT2D eigenvalue weighted by Gasteiger charge is 2.28. The van der Waals surface area contributed by atoms with Gasteiger partial charge in [-0.3, -0.25) is 9.69 Å². The molecule has 138 valence electrons. The predicted molar refractivity (Wildman–Crippen MR) is 100 cm³/mol. The summed E-state index contributed by atoms with van der Waals surface area (Å²) >= 11 is 0. The molecule has 0 radical (unpaired) electrons. The lowest BCUT2D eigenvalue weighted by atomic mass is 9.82. The van der Waals surface area contributed by atoms with Crippen molar-refractivity contribution in [3.05, 3.63) is 29.8 Å². The van der Waals surface area contributed by atoms with E-state index in [1.807, 2.05) is 0 Å². The summed E-state index contributed by atoms with van der Waals surface area (Å²) in [5.41, 5.74) is 8.31. The number of primary amides is 1. The number of para-hydroxylation sites is 1. The van der Waals surface area contributed by atoms with Crippen molar-refractivity contribution in [2.24, 2.45) is 17.1 Å². The van der Waals surface area contributed by atoms with Crippen molar-refractivity contribution in [1.82, 2.24) is 4.90 Å². The molecule has 5 heteroatoms. The van der Waals surface area contributed by atoms with Crippen LogP contribution in [0.1, 0.15) is 38.2 Å². The highest BCUT2D eigenvalue weighted by atomic mass is 16.5. The van der Waals surface area contributed by atoms with E-state index >= 15 is 0 Å². The monoisotopic (exact) mass is 345 g/mol. The number of rotatable bonds is 6. The number of carbonyl (C=O) groups excluding carboxylic acids is 1. The molecule has 1 aromatic carbocycles. The minimum Gasteiger partial charge on any atom is -0.384 e. The van der Waals surface area contributed by atoms with Crippen LogP contribution < -0.4 is 11.1 Å². The molecule has 0 aliphatic carbocycles.